The number of carbonyl (C=O) groups is 2. The van der Waals surface area contributed by atoms with E-state index in [0.717, 1.165) is 6.07 Å². The van der Waals surface area contributed by atoms with Crippen molar-refractivity contribution < 1.29 is 23.8 Å². The molecule has 0 saturated carbocycles. The summed E-state index contributed by atoms with van der Waals surface area (Å²) in [5, 5.41) is 11.4. The van der Waals surface area contributed by atoms with E-state index in [9.17, 15) is 14.0 Å². The second-order valence-corrected chi connectivity index (χ2v) is 4.19. The number of hydrogen-bond donors (Lipinski definition) is 2. The van der Waals surface area contributed by atoms with Gasteiger partial charge in [0, 0.05) is 11.3 Å². The fourth-order valence-corrected chi connectivity index (χ4v) is 1.70. The molecule has 5 nitrogen and oxygen atoms in total. The first-order valence-corrected chi connectivity index (χ1v) is 5.99. The van der Waals surface area contributed by atoms with Crippen LogP contribution in [0.2, 0.25) is 0 Å². The Bertz CT molecular complexity index is 683. The number of halogens is 1. The number of carboxylic acids is 1. The first kappa shape index (κ1) is 14.5. The summed E-state index contributed by atoms with van der Waals surface area (Å²) in [6, 6.07) is 9.47. The largest absolute Gasteiger partial charge is 0.494 e. The van der Waals surface area contributed by atoms with E-state index < -0.39 is 17.7 Å². The van der Waals surface area contributed by atoms with Gasteiger partial charge in [0.1, 0.15) is 0 Å². The van der Waals surface area contributed by atoms with Crippen LogP contribution in [0, 0.1) is 5.82 Å². The fourth-order valence-electron chi connectivity index (χ4n) is 1.70. The highest BCUT2D eigenvalue weighted by Gasteiger charge is 2.11. The molecule has 0 spiro atoms. The number of amides is 1. The van der Waals surface area contributed by atoms with Crippen molar-refractivity contribution in [2.75, 3.05) is 12.4 Å². The van der Waals surface area contributed by atoms with Crippen molar-refractivity contribution in [3.63, 3.8) is 0 Å². The summed E-state index contributed by atoms with van der Waals surface area (Å²) < 4.78 is 18.1. The molecule has 0 fully saturated rings. The van der Waals surface area contributed by atoms with Gasteiger partial charge in [0.25, 0.3) is 5.91 Å². The average molecular weight is 289 g/mol. The fraction of sp³-hybridized carbons (Fsp3) is 0.0667. The van der Waals surface area contributed by atoms with Gasteiger partial charge in [0.2, 0.25) is 0 Å². The Labute approximate surface area is 120 Å². The van der Waals surface area contributed by atoms with Crippen LogP contribution in [-0.4, -0.2) is 24.1 Å². The lowest BCUT2D eigenvalue weighted by molar-refractivity contribution is 0.0696. The molecule has 1 amide bonds. The number of carbonyl (C=O) groups excluding carboxylic acids is 1. The number of aromatic carboxylic acids is 1. The van der Waals surface area contributed by atoms with Gasteiger partial charge in [-0.2, -0.15) is 0 Å². The highest BCUT2D eigenvalue weighted by atomic mass is 19.1. The highest BCUT2D eigenvalue weighted by Crippen LogP contribution is 2.19. The minimum Gasteiger partial charge on any atom is -0.494 e. The first-order chi connectivity index (χ1) is 10.0. The molecular weight excluding hydrogens is 277 g/mol. The molecule has 0 bridgehead atoms. The molecule has 21 heavy (non-hydrogen) atoms. The minimum absolute atomic E-state index is 0.0242. The number of nitrogens with one attached hydrogen (secondary N) is 1. The van der Waals surface area contributed by atoms with Gasteiger partial charge in [-0.05, 0) is 42.5 Å². The number of carboxylic acid groups (broad SMARTS) is 1. The normalized spacial score (nSPS) is 10.0. The smallest absolute Gasteiger partial charge is 0.335 e. The summed E-state index contributed by atoms with van der Waals surface area (Å²) in [5.41, 5.74) is 0.792. The molecule has 2 aromatic rings. The van der Waals surface area contributed by atoms with Crippen LogP contribution in [-0.2, 0) is 0 Å². The van der Waals surface area contributed by atoms with Gasteiger partial charge in [0.15, 0.2) is 11.6 Å². The van der Waals surface area contributed by atoms with Gasteiger partial charge in [-0.15, -0.1) is 0 Å². The Morgan fingerprint density at radius 3 is 2.29 bits per heavy atom. The molecule has 2 rings (SSSR count). The molecule has 6 heteroatoms. The molecule has 0 heterocycles. The molecule has 0 aliphatic heterocycles. The molecule has 0 unspecified atom stereocenters. The van der Waals surface area contributed by atoms with Crippen molar-refractivity contribution in [2.24, 2.45) is 0 Å². The zero-order valence-corrected chi connectivity index (χ0v) is 11.1. The monoisotopic (exact) mass is 289 g/mol. The van der Waals surface area contributed by atoms with Crippen LogP contribution >= 0.6 is 0 Å². The van der Waals surface area contributed by atoms with Crippen LogP contribution in [0.1, 0.15) is 20.7 Å². The summed E-state index contributed by atoms with van der Waals surface area (Å²) >= 11 is 0. The Balaban J connectivity index is 2.15. The Kier molecular flexibility index (Phi) is 4.18. The first-order valence-electron chi connectivity index (χ1n) is 5.99. The van der Waals surface area contributed by atoms with Crippen molar-refractivity contribution in [2.45, 2.75) is 0 Å². The summed E-state index contributed by atoms with van der Waals surface area (Å²) in [6.07, 6.45) is 0. The number of benzene rings is 2. The third-order valence-electron chi connectivity index (χ3n) is 2.80. The maximum Gasteiger partial charge on any atom is 0.335 e. The van der Waals surface area contributed by atoms with Crippen molar-refractivity contribution >= 4 is 17.6 Å². The molecule has 108 valence electrons. The molecule has 0 aliphatic carbocycles. The molecular formula is C15H12FNO4. The summed E-state index contributed by atoms with van der Waals surface area (Å²) in [4.78, 5) is 22.7. The summed E-state index contributed by atoms with van der Waals surface area (Å²) in [5.74, 6) is -2.07. The molecule has 0 radical (unpaired) electrons. The Morgan fingerprint density at radius 2 is 1.71 bits per heavy atom. The van der Waals surface area contributed by atoms with Gasteiger partial charge in [-0.3, -0.25) is 4.79 Å². The second-order valence-electron chi connectivity index (χ2n) is 4.19. The third kappa shape index (κ3) is 3.36. The van der Waals surface area contributed by atoms with E-state index in [4.69, 9.17) is 9.84 Å². The standard InChI is InChI=1S/C15H12FNO4/c1-21-13-8-10(4-7-12(13)16)14(18)17-11-5-2-9(3-6-11)15(19)20/h2-8H,1H3,(H,17,18)(H,19,20). The summed E-state index contributed by atoms with van der Waals surface area (Å²) in [6.45, 7) is 0. The molecule has 0 aromatic heterocycles. The van der Waals surface area contributed by atoms with Crippen LogP contribution in [0.4, 0.5) is 10.1 Å². The van der Waals surface area contributed by atoms with Crippen molar-refractivity contribution in [1.29, 1.82) is 0 Å². The number of hydrogen-bond acceptors (Lipinski definition) is 3. The van der Waals surface area contributed by atoms with Gasteiger partial charge >= 0.3 is 5.97 Å². The van der Waals surface area contributed by atoms with Gasteiger partial charge in [-0.1, -0.05) is 0 Å². The highest BCUT2D eigenvalue weighted by molar-refractivity contribution is 6.04. The van der Waals surface area contributed by atoms with E-state index in [2.05, 4.69) is 5.32 Å². The Morgan fingerprint density at radius 1 is 1.10 bits per heavy atom. The second kappa shape index (κ2) is 6.04. The van der Waals surface area contributed by atoms with Crippen LogP contribution in [0.25, 0.3) is 0 Å². The lowest BCUT2D eigenvalue weighted by Crippen LogP contribution is -2.12. The molecule has 0 saturated heterocycles. The quantitative estimate of drug-likeness (QED) is 0.907. The zero-order valence-electron chi connectivity index (χ0n) is 11.1. The number of ether oxygens (including phenoxy) is 1. The number of anilines is 1. The van der Waals surface area contributed by atoms with Crippen LogP contribution in [0.3, 0.4) is 0 Å². The molecule has 0 atom stereocenters. The maximum atomic E-state index is 13.3. The predicted molar refractivity (Wildman–Crippen MR) is 74.3 cm³/mol. The summed E-state index contributed by atoms with van der Waals surface area (Å²) in [7, 11) is 1.31. The molecule has 2 aromatic carbocycles. The Hall–Kier alpha value is -2.89. The van der Waals surface area contributed by atoms with E-state index in [1.165, 1.54) is 43.5 Å². The SMILES string of the molecule is COc1cc(C(=O)Nc2ccc(C(=O)O)cc2)ccc1F. The maximum absolute atomic E-state index is 13.3. The van der Waals surface area contributed by atoms with Crippen molar-refractivity contribution in [3.8, 4) is 5.75 Å². The molecule has 2 N–H and O–H groups in total. The average Bonchev–Trinajstić information content (AvgIpc) is 2.48. The lowest BCUT2D eigenvalue weighted by Gasteiger charge is -2.07. The minimum atomic E-state index is -1.05. The molecule has 0 aliphatic rings. The van der Waals surface area contributed by atoms with E-state index in [1.54, 1.807) is 0 Å². The van der Waals surface area contributed by atoms with E-state index >= 15 is 0 Å². The van der Waals surface area contributed by atoms with E-state index in [1.807, 2.05) is 0 Å². The van der Waals surface area contributed by atoms with Gasteiger partial charge in [-0.25, -0.2) is 9.18 Å². The van der Waals surface area contributed by atoms with Crippen LogP contribution in [0.15, 0.2) is 42.5 Å². The van der Waals surface area contributed by atoms with Crippen LogP contribution < -0.4 is 10.1 Å². The van der Waals surface area contributed by atoms with E-state index in [-0.39, 0.29) is 16.9 Å². The lowest BCUT2D eigenvalue weighted by atomic mass is 10.1. The van der Waals surface area contributed by atoms with Crippen molar-refractivity contribution in [3.05, 3.63) is 59.4 Å². The topological polar surface area (TPSA) is 75.6 Å². The van der Waals surface area contributed by atoms with Gasteiger partial charge in [0.05, 0.1) is 12.7 Å². The number of methoxy groups -OCH3 is 1. The van der Waals surface area contributed by atoms with E-state index in [0.29, 0.717) is 5.69 Å². The van der Waals surface area contributed by atoms with Crippen molar-refractivity contribution in [1.82, 2.24) is 0 Å². The zero-order chi connectivity index (χ0) is 15.4. The van der Waals surface area contributed by atoms with Gasteiger partial charge < -0.3 is 15.2 Å². The van der Waals surface area contributed by atoms with Crippen LogP contribution in [0.5, 0.6) is 5.75 Å². The predicted octanol–water partition coefficient (Wildman–Crippen LogP) is 2.78. The number of rotatable bonds is 4. The third-order valence-corrected chi connectivity index (χ3v) is 2.80.